The van der Waals surface area contributed by atoms with Gasteiger partial charge >= 0.3 is 0 Å². The number of aliphatic hydroxyl groups excluding tert-OH is 1. The van der Waals surface area contributed by atoms with Gasteiger partial charge in [-0.1, -0.05) is 12.1 Å². The molecule has 0 bridgehead atoms. The molecule has 28 heavy (non-hydrogen) atoms. The molecule has 8 heteroatoms. The summed E-state index contributed by atoms with van der Waals surface area (Å²) in [7, 11) is 3.26. The van der Waals surface area contributed by atoms with Gasteiger partial charge < -0.3 is 25.2 Å². The van der Waals surface area contributed by atoms with Crippen molar-refractivity contribution in [3.05, 3.63) is 48.0 Å². The van der Waals surface area contributed by atoms with Crippen LogP contribution >= 0.6 is 12.4 Å². The molecule has 2 aromatic carbocycles. The van der Waals surface area contributed by atoms with Crippen LogP contribution in [0.4, 0.5) is 11.8 Å². The number of hydrogen-bond acceptors (Lipinski definition) is 7. The number of anilines is 2. The van der Waals surface area contributed by atoms with Crippen LogP contribution in [0.15, 0.2) is 42.5 Å². The Morgan fingerprint density at radius 2 is 1.82 bits per heavy atom. The van der Waals surface area contributed by atoms with Gasteiger partial charge in [-0.05, 0) is 30.7 Å². The third kappa shape index (κ3) is 5.15. The third-order valence-corrected chi connectivity index (χ3v) is 4.16. The van der Waals surface area contributed by atoms with E-state index >= 15 is 0 Å². The average molecular weight is 405 g/mol. The van der Waals surface area contributed by atoms with Crippen LogP contribution in [0.25, 0.3) is 10.9 Å². The molecule has 0 aliphatic heterocycles. The van der Waals surface area contributed by atoms with Crippen molar-refractivity contribution in [2.75, 3.05) is 38.0 Å². The number of benzene rings is 2. The lowest BCUT2D eigenvalue weighted by Gasteiger charge is -2.13. The second-order valence-corrected chi connectivity index (χ2v) is 5.95. The Labute approximate surface area is 170 Å². The summed E-state index contributed by atoms with van der Waals surface area (Å²) in [5.41, 5.74) is 1.83. The Hall–Kier alpha value is -2.77. The van der Waals surface area contributed by atoms with Gasteiger partial charge in [0.2, 0.25) is 5.95 Å². The summed E-state index contributed by atoms with van der Waals surface area (Å²) in [6, 6.07) is 13.5. The van der Waals surface area contributed by atoms with Crippen LogP contribution < -0.4 is 20.1 Å². The second-order valence-electron chi connectivity index (χ2n) is 5.95. The first-order valence-corrected chi connectivity index (χ1v) is 8.81. The predicted molar refractivity (Wildman–Crippen MR) is 114 cm³/mol. The highest BCUT2D eigenvalue weighted by Crippen LogP contribution is 2.26. The summed E-state index contributed by atoms with van der Waals surface area (Å²) in [4.78, 5) is 9.19. The third-order valence-electron chi connectivity index (χ3n) is 4.16. The van der Waals surface area contributed by atoms with E-state index in [-0.39, 0.29) is 19.0 Å². The molecule has 3 aromatic rings. The summed E-state index contributed by atoms with van der Waals surface area (Å²) in [6.07, 6.45) is 0.657. The molecule has 7 nitrogen and oxygen atoms in total. The van der Waals surface area contributed by atoms with Crippen molar-refractivity contribution in [3.63, 3.8) is 0 Å². The Kier molecular flexibility index (Phi) is 8.10. The van der Waals surface area contributed by atoms with Crippen molar-refractivity contribution >= 4 is 35.1 Å². The van der Waals surface area contributed by atoms with Crippen molar-refractivity contribution in [2.24, 2.45) is 0 Å². The van der Waals surface area contributed by atoms with Crippen LogP contribution in [-0.2, 0) is 6.54 Å². The van der Waals surface area contributed by atoms with E-state index in [9.17, 15) is 0 Å². The maximum Gasteiger partial charge on any atom is 0.225 e. The van der Waals surface area contributed by atoms with Crippen molar-refractivity contribution in [3.8, 4) is 11.5 Å². The fourth-order valence-electron chi connectivity index (χ4n) is 2.75. The van der Waals surface area contributed by atoms with E-state index in [1.54, 1.807) is 14.2 Å². The molecule has 0 saturated carbocycles. The van der Waals surface area contributed by atoms with Crippen LogP contribution in [0, 0.1) is 0 Å². The standard InChI is InChI=1S/C20H24N4O3.ClH/c1-26-15-9-8-14(18(12-15)27-2)13-22-20-23-17-7-4-3-6-16(17)19(24-20)21-10-5-11-25;/h3-4,6-9,12,25H,5,10-11,13H2,1-2H3,(H2,21,22,23,24);1H. The number of halogens is 1. The molecular weight excluding hydrogens is 380 g/mol. The lowest BCUT2D eigenvalue weighted by Crippen LogP contribution is -2.10. The Morgan fingerprint density at radius 3 is 2.57 bits per heavy atom. The van der Waals surface area contributed by atoms with Gasteiger partial charge in [-0.3, -0.25) is 0 Å². The predicted octanol–water partition coefficient (Wildman–Crippen LogP) is 3.48. The van der Waals surface area contributed by atoms with E-state index in [1.165, 1.54) is 0 Å². The van der Waals surface area contributed by atoms with Gasteiger partial charge in [0.25, 0.3) is 0 Å². The Balaban J connectivity index is 0.00000280. The zero-order chi connectivity index (χ0) is 19.1. The molecule has 0 unspecified atom stereocenters. The molecule has 0 radical (unpaired) electrons. The number of nitrogens with one attached hydrogen (secondary N) is 2. The first-order chi connectivity index (χ1) is 13.2. The zero-order valence-electron chi connectivity index (χ0n) is 15.9. The van der Waals surface area contributed by atoms with Crippen LogP contribution in [-0.4, -0.2) is 42.4 Å². The van der Waals surface area contributed by atoms with Gasteiger partial charge in [0.05, 0.1) is 19.7 Å². The highest BCUT2D eigenvalue weighted by Gasteiger charge is 2.09. The number of fused-ring (bicyclic) bond motifs is 1. The van der Waals surface area contributed by atoms with Gasteiger partial charge in [-0.25, -0.2) is 4.98 Å². The maximum absolute atomic E-state index is 9.00. The molecule has 3 N–H and O–H groups in total. The van der Waals surface area contributed by atoms with Crippen molar-refractivity contribution < 1.29 is 14.6 Å². The fourth-order valence-corrected chi connectivity index (χ4v) is 2.75. The number of hydrogen-bond donors (Lipinski definition) is 3. The summed E-state index contributed by atoms with van der Waals surface area (Å²) in [5, 5.41) is 16.5. The number of rotatable bonds is 9. The molecule has 0 atom stereocenters. The number of aromatic nitrogens is 2. The largest absolute Gasteiger partial charge is 0.497 e. The molecular formula is C20H25ClN4O3. The molecule has 0 aliphatic carbocycles. The van der Waals surface area contributed by atoms with Gasteiger partial charge in [0.15, 0.2) is 0 Å². The minimum Gasteiger partial charge on any atom is -0.497 e. The van der Waals surface area contributed by atoms with Crippen LogP contribution in [0.1, 0.15) is 12.0 Å². The molecule has 0 fully saturated rings. The summed E-state index contributed by atoms with van der Waals surface area (Å²) < 4.78 is 10.7. The minimum absolute atomic E-state index is 0. The quantitative estimate of drug-likeness (QED) is 0.470. The van der Waals surface area contributed by atoms with Gasteiger partial charge in [0.1, 0.15) is 17.3 Å². The summed E-state index contributed by atoms with van der Waals surface area (Å²) in [6.45, 7) is 1.29. The van der Waals surface area contributed by atoms with Gasteiger partial charge in [-0.2, -0.15) is 4.98 Å². The Bertz CT molecular complexity index is 908. The van der Waals surface area contributed by atoms with Crippen LogP contribution in [0.3, 0.4) is 0 Å². The number of aliphatic hydroxyl groups is 1. The van der Waals surface area contributed by atoms with Crippen molar-refractivity contribution in [2.45, 2.75) is 13.0 Å². The molecule has 0 spiro atoms. The van der Waals surface area contributed by atoms with E-state index < -0.39 is 0 Å². The van der Waals surface area contributed by atoms with Gasteiger partial charge in [0, 0.05) is 36.7 Å². The lowest BCUT2D eigenvalue weighted by atomic mass is 10.2. The van der Waals surface area contributed by atoms with Crippen LogP contribution in [0.5, 0.6) is 11.5 Å². The molecule has 1 heterocycles. The monoisotopic (exact) mass is 404 g/mol. The normalized spacial score (nSPS) is 10.2. The van der Waals surface area contributed by atoms with E-state index in [4.69, 9.17) is 14.6 Å². The lowest BCUT2D eigenvalue weighted by molar-refractivity contribution is 0.292. The highest BCUT2D eigenvalue weighted by molar-refractivity contribution is 5.90. The number of para-hydroxylation sites is 1. The first-order valence-electron chi connectivity index (χ1n) is 8.81. The van der Waals surface area contributed by atoms with E-state index in [1.807, 2.05) is 42.5 Å². The van der Waals surface area contributed by atoms with E-state index in [0.29, 0.717) is 25.5 Å². The van der Waals surface area contributed by atoms with Crippen molar-refractivity contribution in [1.29, 1.82) is 0 Å². The fraction of sp³-hybridized carbons (Fsp3) is 0.300. The topological polar surface area (TPSA) is 88.5 Å². The number of ether oxygens (including phenoxy) is 2. The Morgan fingerprint density at radius 1 is 1.00 bits per heavy atom. The second kappa shape index (κ2) is 10.5. The first kappa shape index (κ1) is 21.5. The van der Waals surface area contributed by atoms with E-state index in [0.717, 1.165) is 33.8 Å². The average Bonchev–Trinajstić information content (AvgIpc) is 2.72. The highest BCUT2D eigenvalue weighted by atomic mass is 35.5. The molecule has 0 saturated heterocycles. The molecule has 1 aromatic heterocycles. The minimum atomic E-state index is 0. The molecule has 150 valence electrons. The zero-order valence-corrected chi connectivity index (χ0v) is 16.8. The number of nitrogens with zero attached hydrogens (tertiary/aromatic N) is 2. The van der Waals surface area contributed by atoms with Gasteiger partial charge in [-0.15, -0.1) is 12.4 Å². The number of methoxy groups -OCH3 is 2. The SMILES string of the molecule is COc1ccc(CNc2nc(NCCCO)c3ccccc3n2)c(OC)c1.Cl. The van der Waals surface area contributed by atoms with Crippen molar-refractivity contribution in [1.82, 2.24) is 9.97 Å². The smallest absolute Gasteiger partial charge is 0.225 e. The maximum atomic E-state index is 9.00. The summed E-state index contributed by atoms with van der Waals surface area (Å²) in [5.74, 6) is 2.76. The molecule has 0 amide bonds. The molecule has 0 aliphatic rings. The summed E-state index contributed by atoms with van der Waals surface area (Å²) >= 11 is 0. The van der Waals surface area contributed by atoms with Crippen LogP contribution in [0.2, 0.25) is 0 Å². The van der Waals surface area contributed by atoms with E-state index in [2.05, 4.69) is 20.6 Å². The molecule has 3 rings (SSSR count).